The zero-order chi connectivity index (χ0) is 20.9. The zero-order valence-electron chi connectivity index (χ0n) is 15.5. The summed E-state index contributed by atoms with van der Waals surface area (Å²) in [5.41, 5.74) is -0.0395. The number of nitrogens with zero attached hydrogens (tertiary/aromatic N) is 4. The van der Waals surface area contributed by atoms with Crippen LogP contribution in [0.1, 0.15) is 0 Å². The van der Waals surface area contributed by atoms with Crippen LogP contribution in [-0.4, -0.2) is 21.0 Å². The second-order valence-electron chi connectivity index (χ2n) is 6.97. The number of para-hydroxylation sites is 2. The van der Waals surface area contributed by atoms with Crippen molar-refractivity contribution in [2.24, 2.45) is 0 Å². The van der Waals surface area contributed by atoms with Crippen LogP contribution < -0.4 is 9.13 Å². The third-order valence-electron chi connectivity index (χ3n) is 5.11. The lowest BCUT2D eigenvalue weighted by Gasteiger charge is -2.35. The third-order valence-corrected chi connectivity index (χ3v) is 5.11. The molecule has 0 amide bonds. The first-order valence-corrected chi connectivity index (χ1v) is 9.20. The molecule has 0 saturated heterocycles. The van der Waals surface area contributed by atoms with Crippen molar-refractivity contribution in [1.82, 2.24) is 9.13 Å². The molecule has 0 atom stereocenters. The number of aromatic nitrogens is 4. The smallest absolute Gasteiger partial charge is 0.202 e. The number of benzene rings is 2. The third kappa shape index (κ3) is 2.60. The molecular weight excluding hydrogens is 396 g/mol. The molecule has 8 heteroatoms. The number of hydrogen-bond acceptors (Lipinski definition) is 0. The van der Waals surface area contributed by atoms with E-state index in [1.165, 1.54) is 25.0 Å². The molecule has 4 aromatic rings. The van der Waals surface area contributed by atoms with Crippen LogP contribution in [0.3, 0.4) is 0 Å². The van der Waals surface area contributed by atoms with Gasteiger partial charge in [0.25, 0.3) is 12.7 Å². The molecule has 0 N–H and O–H groups in total. The van der Waals surface area contributed by atoms with Crippen LogP contribution in [0.15, 0.2) is 98.1 Å². The van der Waals surface area contributed by atoms with Crippen LogP contribution in [-0.2, 0) is 0 Å². The molecule has 0 spiro atoms. The number of halogens is 4. The van der Waals surface area contributed by atoms with Crippen molar-refractivity contribution in [3.8, 4) is 11.4 Å². The van der Waals surface area contributed by atoms with Gasteiger partial charge in [-0.3, -0.25) is 0 Å². The van der Waals surface area contributed by atoms with Gasteiger partial charge in [-0.05, 0) is 24.3 Å². The summed E-state index contributed by atoms with van der Waals surface area (Å²) >= 11 is 0. The standard InChI is InChI=1S/C22H16F4N4/c23-21(24)19(29-13-11-27(15-29)17-7-3-1-4-8-17)20(22(21,25)26)30-14-12-28(16-30)18-9-5-2-6-10-18/h1-16H/q+2. The average Bonchev–Trinajstić information content (AvgIpc) is 3.42. The SMILES string of the molecule is FC1(F)C([n+]2ccn(-c3ccccc3)c2)=C([n+]2ccn(-c3ccccc3)c2)C1(F)F. The predicted octanol–water partition coefficient (Wildman–Crippen LogP) is 3.95. The van der Waals surface area contributed by atoms with Gasteiger partial charge >= 0.3 is 11.8 Å². The summed E-state index contributed by atoms with van der Waals surface area (Å²) in [4.78, 5) is 0. The van der Waals surface area contributed by atoms with Crippen LogP contribution in [0.4, 0.5) is 17.6 Å². The van der Waals surface area contributed by atoms with E-state index in [2.05, 4.69) is 0 Å². The molecule has 2 aromatic carbocycles. The maximum atomic E-state index is 14.5. The van der Waals surface area contributed by atoms with E-state index in [4.69, 9.17) is 0 Å². The summed E-state index contributed by atoms with van der Waals surface area (Å²) in [6.45, 7) is 0. The molecule has 2 heterocycles. The Labute approximate surface area is 169 Å². The van der Waals surface area contributed by atoms with Crippen molar-refractivity contribution < 1.29 is 26.7 Å². The van der Waals surface area contributed by atoms with E-state index in [1.807, 2.05) is 12.1 Å². The van der Waals surface area contributed by atoms with E-state index in [1.54, 1.807) is 70.1 Å². The van der Waals surface area contributed by atoms with E-state index in [0.29, 0.717) is 0 Å². The second kappa shape index (κ2) is 6.41. The van der Waals surface area contributed by atoms with E-state index in [9.17, 15) is 17.6 Å². The molecule has 0 unspecified atom stereocenters. The van der Waals surface area contributed by atoms with Gasteiger partial charge in [0, 0.05) is 0 Å². The Morgan fingerprint density at radius 1 is 0.567 bits per heavy atom. The maximum Gasteiger partial charge on any atom is 0.382 e. The van der Waals surface area contributed by atoms with Gasteiger partial charge in [-0.15, -0.1) is 0 Å². The lowest BCUT2D eigenvalue weighted by molar-refractivity contribution is -0.641. The number of rotatable bonds is 4. The minimum absolute atomic E-state index is 0.732. The molecule has 0 radical (unpaired) electrons. The van der Waals surface area contributed by atoms with Crippen molar-refractivity contribution in [2.45, 2.75) is 11.8 Å². The van der Waals surface area contributed by atoms with E-state index >= 15 is 0 Å². The van der Waals surface area contributed by atoms with Crippen molar-refractivity contribution in [1.29, 1.82) is 0 Å². The predicted molar refractivity (Wildman–Crippen MR) is 101 cm³/mol. The number of hydrogen-bond donors (Lipinski definition) is 0. The van der Waals surface area contributed by atoms with E-state index < -0.39 is 23.2 Å². The normalized spacial score (nSPS) is 17.1. The molecule has 0 bridgehead atoms. The van der Waals surface area contributed by atoms with Crippen LogP contribution in [0.2, 0.25) is 0 Å². The number of imidazole rings is 2. The fourth-order valence-corrected chi connectivity index (χ4v) is 3.58. The molecule has 30 heavy (non-hydrogen) atoms. The lowest BCUT2D eigenvalue weighted by atomic mass is 9.90. The Kier molecular flexibility index (Phi) is 3.92. The highest BCUT2D eigenvalue weighted by atomic mass is 19.3. The Hall–Kier alpha value is -3.68. The van der Waals surface area contributed by atoms with Crippen molar-refractivity contribution in [3.05, 3.63) is 98.1 Å². The quantitative estimate of drug-likeness (QED) is 0.357. The highest BCUT2D eigenvalue weighted by Crippen LogP contribution is 2.55. The molecule has 4 nitrogen and oxygen atoms in total. The van der Waals surface area contributed by atoms with E-state index in [-0.39, 0.29) is 0 Å². The molecule has 5 rings (SSSR count). The molecule has 1 aliphatic rings. The Bertz CT molecular complexity index is 1140. The number of allylic oxidation sites excluding steroid dienone is 2. The lowest BCUT2D eigenvalue weighted by Crippen LogP contribution is -2.66. The average molecular weight is 412 g/mol. The highest BCUT2D eigenvalue weighted by Gasteiger charge is 2.78. The van der Waals surface area contributed by atoms with Crippen LogP contribution in [0, 0.1) is 0 Å². The molecular formula is C22H16F4N4+2. The maximum absolute atomic E-state index is 14.5. The van der Waals surface area contributed by atoms with Crippen molar-refractivity contribution >= 4 is 11.4 Å². The molecule has 0 saturated carbocycles. The van der Waals surface area contributed by atoms with Gasteiger partial charge in [-0.25, -0.2) is 9.13 Å². The summed E-state index contributed by atoms with van der Waals surface area (Å²) in [5, 5.41) is 0. The summed E-state index contributed by atoms with van der Waals surface area (Å²) < 4.78 is 63.2. The molecule has 0 aliphatic heterocycles. The van der Waals surface area contributed by atoms with E-state index in [0.717, 1.165) is 20.5 Å². The van der Waals surface area contributed by atoms with Gasteiger partial charge in [0.1, 0.15) is 36.2 Å². The summed E-state index contributed by atoms with van der Waals surface area (Å²) in [6, 6.07) is 18.1. The highest BCUT2D eigenvalue weighted by molar-refractivity contribution is 5.81. The van der Waals surface area contributed by atoms with Crippen molar-refractivity contribution in [2.75, 3.05) is 0 Å². The summed E-state index contributed by atoms with van der Waals surface area (Å²) in [7, 11) is 0. The molecule has 1 aliphatic carbocycles. The summed E-state index contributed by atoms with van der Waals surface area (Å²) in [5.74, 6) is -8.59. The van der Waals surface area contributed by atoms with Gasteiger partial charge in [-0.1, -0.05) is 36.4 Å². The van der Waals surface area contributed by atoms with Crippen LogP contribution >= 0.6 is 0 Å². The van der Waals surface area contributed by atoms with Gasteiger partial charge in [0.15, 0.2) is 0 Å². The molecule has 0 fully saturated rings. The first kappa shape index (κ1) is 18.4. The van der Waals surface area contributed by atoms with Gasteiger partial charge in [-0.2, -0.15) is 26.7 Å². The Morgan fingerprint density at radius 2 is 0.933 bits per heavy atom. The topological polar surface area (TPSA) is 17.6 Å². The first-order chi connectivity index (χ1) is 14.4. The molecule has 2 aromatic heterocycles. The zero-order valence-corrected chi connectivity index (χ0v) is 15.5. The molecule has 150 valence electrons. The monoisotopic (exact) mass is 412 g/mol. The van der Waals surface area contributed by atoms with Gasteiger partial charge in [0.2, 0.25) is 11.4 Å². The largest absolute Gasteiger partial charge is 0.382 e. The Morgan fingerprint density at radius 3 is 1.30 bits per heavy atom. The van der Waals surface area contributed by atoms with Crippen molar-refractivity contribution in [3.63, 3.8) is 0 Å². The first-order valence-electron chi connectivity index (χ1n) is 9.20. The second-order valence-corrected chi connectivity index (χ2v) is 6.97. The minimum Gasteiger partial charge on any atom is -0.202 e. The van der Waals surface area contributed by atoms with Crippen LogP contribution in [0.5, 0.6) is 0 Å². The number of alkyl halides is 4. The van der Waals surface area contributed by atoms with Crippen LogP contribution in [0.25, 0.3) is 22.8 Å². The minimum atomic E-state index is -4.29. The van der Waals surface area contributed by atoms with Gasteiger partial charge in [0.05, 0.1) is 0 Å². The Balaban J connectivity index is 1.61. The fourth-order valence-electron chi connectivity index (χ4n) is 3.58. The van der Waals surface area contributed by atoms with Gasteiger partial charge < -0.3 is 0 Å². The fraction of sp³-hybridized carbons (Fsp3) is 0.0909. The summed E-state index contributed by atoms with van der Waals surface area (Å²) in [6.07, 6.45) is 8.52.